The summed E-state index contributed by atoms with van der Waals surface area (Å²) in [5.41, 5.74) is 8.52. The molecule has 29 heavy (non-hydrogen) atoms. The van der Waals surface area contributed by atoms with E-state index in [2.05, 4.69) is 15.4 Å². The van der Waals surface area contributed by atoms with Crippen LogP contribution in [0.25, 0.3) is 16.7 Å². The molecular weight excluding hydrogens is 386 g/mol. The van der Waals surface area contributed by atoms with Crippen molar-refractivity contribution in [2.75, 3.05) is 5.32 Å². The second-order valence-electron chi connectivity index (χ2n) is 6.72. The van der Waals surface area contributed by atoms with Gasteiger partial charge in [0.15, 0.2) is 5.82 Å². The third kappa shape index (κ3) is 3.27. The van der Waals surface area contributed by atoms with E-state index >= 15 is 0 Å². The van der Waals surface area contributed by atoms with Crippen LogP contribution in [-0.2, 0) is 0 Å². The van der Waals surface area contributed by atoms with Gasteiger partial charge in [-0.1, -0.05) is 18.2 Å². The van der Waals surface area contributed by atoms with Crippen LogP contribution >= 0.6 is 11.3 Å². The topological polar surface area (TPSA) is 103 Å². The Morgan fingerprint density at radius 1 is 1.10 bits per heavy atom. The van der Waals surface area contributed by atoms with Crippen LogP contribution < -0.4 is 11.1 Å². The van der Waals surface area contributed by atoms with E-state index in [0.29, 0.717) is 27.6 Å². The summed E-state index contributed by atoms with van der Waals surface area (Å²) in [6, 6.07) is 11.6. The van der Waals surface area contributed by atoms with Gasteiger partial charge in [0.1, 0.15) is 5.00 Å². The number of primary amides is 1. The SMILES string of the molecule is Cc1sc(NC(=O)c2cnn(-c3ccc4ccccc4n3)c2C)c(C(N)=O)c1C. The highest BCUT2D eigenvalue weighted by Gasteiger charge is 2.22. The number of hydrogen-bond donors (Lipinski definition) is 2. The molecule has 146 valence electrons. The van der Waals surface area contributed by atoms with E-state index in [4.69, 9.17) is 5.73 Å². The van der Waals surface area contributed by atoms with Gasteiger partial charge < -0.3 is 11.1 Å². The first-order valence-corrected chi connectivity index (χ1v) is 9.80. The molecule has 0 saturated carbocycles. The molecule has 7 nitrogen and oxygen atoms in total. The zero-order valence-corrected chi connectivity index (χ0v) is 17.0. The van der Waals surface area contributed by atoms with E-state index in [1.165, 1.54) is 17.5 Å². The summed E-state index contributed by atoms with van der Waals surface area (Å²) in [4.78, 5) is 30.2. The highest BCUT2D eigenvalue weighted by Crippen LogP contribution is 2.32. The van der Waals surface area contributed by atoms with Crippen LogP contribution in [-0.4, -0.2) is 26.6 Å². The normalized spacial score (nSPS) is 11.0. The lowest BCUT2D eigenvalue weighted by Gasteiger charge is -2.07. The number of hydrogen-bond acceptors (Lipinski definition) is 5. The molecule has 0 unspecified atom stereocenters. The molecule has 0 fully saturated rings. The van der Waals surface area contributed by atoms with Crippen LogP contribution in [0.1, 0.15) is 36.9 Å². The minimum absolute atomic E-state index is 0.349. The Kier molecular flexibility index (Phi) is 4.63. The molecule has 0 aliphatic rings. The van der Waals surface area contributed by atoms with Crippen molar-refractivity contribution in [2.24, 2.45) is 5.73 Å². The third-order valence-electron chi connectivity index (χ3n) is 4.91. The quantitative estimate of drug-likeness (QED) is 0.539. The fourth-order valence-corrected chi connectivity index (χ4v) is 4.28. The van der Waals surface area contributed by atoms with Crippen LogP contribution in [0.5, 0.6) is 0 Å². The number of aryl methyl sites for hydroxylation is 1. The fraction of sp³-hybridized carbons (Fsp3) is 0.143. The summed E-state index contributed by atoms with van der Waals surface area (Å²) in [6.45, 7) is 5.51. The monoisotopic (exact) mass is 405 g/mol. The number of nitrogens with one attached hydrogen (secondary N) is 1. The number of fused-ring (bicyclic) bond motifs is 1. The third-order valence-corrected chi connectivity index (χ3v) is 6.04. The molecule has 4 rings (SSSR count). The Labute approximate surface area is 171 Å². The summed E-state index contributed by atoms with van der Waals surface area (Å²) < 4.78 is 1.63. The van der Waals surface area contributed by atoms with Crippen molar-refractivity contribution >= 4 is 39.1 Å². The standard InChI is InChI=1S/C21H19N5O2S/c1-11-13(3)29-21(18(11)19(22)27)25-20(28)15-10-23-26(12(15)2)17-9-8-14-6-4-5-7-16(14)24-17/h4-10H,1-3H3,(H2,22,27)(H,25,28). The van der Waals surface area contributed by atoms with Gasteiger partial charge in [-0.05, 0) is 44.5 Å². The number of aromatic nitrogens is 3. The smallest absolute Gasteiger partial charge is 0.259 e. The second-order valence-corrected chi connectivity index (χ2v) is 7.95. The van der Waals surface area contributed by atoms with Crippen molar-refractivity contribution in [3.63, 3.8) is 0 Å². The molecule has 3 heterocycles. The molecule has 2 amide bonds. The Morgan fingerprint density at radius 3 is 2.62 bits per heavy atom. The predicted octanol–water partition coefficient (Wildman–Crippen LogP) is 3.76. The number of anilines is 1. The number of benzene rings is 1. The Hall–Kier alpha value is -3.52. The number of thiophene rings is 1. The van der Waals surface area contributed by atoms with E-state index in [0.717, 1.165) is 21.3 Å². The largest absolute Gasteiger partial charge is 0.365 e. The first kappa shape index (κ1) is 18.8. The van der Waals surface area contributed by atoms with Crippen molar-refractivity contribution in [3.8, 4) is 5.82 Å². The van der Waals surface area contributed by atoms with E-state index in [9.17, 15) is 9.59 Å². The van der Waals surface area contributed by atoms with Gasteiger partial charge in [-0.25, -0.2) is 9.67 Å². The molecule has 3 N–H and O–H groups in total. The lowest BCUT2D eigenvalue weighted by atomic mass is 10.1. The maximum absolute atomic E-state index is 12.9. The van der Waals surface area contributed by atoms with Crippen LogP contribution in [0.3, 0.4) is 0 Å². The van der Waals surface area contributed by atoms with Gasteiger partial charge in [0.25, 0.3) is 11.8 Å². The summed E-state index contributed by atoms with van der Waals surface area (Å²) >= 11 is 1.33. The van der Waals surface area contributed by atoms with E-state index in [1.54, 1.807) is 11.6 Å². The lowest BCUT2D eigenvalue weighted by molar-refractivity contribution is 0.100. The molecule has 0 radical (unpaired) electrons. The molecule has 0 spiro atoms. The summed E-state index contributed by atoms with van der Waals surface area (Å²) in [7, 11) is 0. The number of rotatable bonds is 4. The molecule has 0 saturated heterocycles. The van der Waals surface area contributed by atoms with Gasteiger partial charge in [-0.2, -0.15) is 5.10 Å². The number of carbonyl (C=O) groups is 2. The molecular formula is C21H19N5O2S. The van der Waals surface area contributed by atoms with Crippen molar-refractivity contribution in [3.05, 3.63) is 69.9 Å². The first-order valence-electron chi connectivity index (χ1n) is 8.98. The molecule has 0 aliphatic carbocycles. The van der Waals surface area contributed by atoms with E-state index in [1.807, 2.05) is 50.2 Å². The zero-order chi connectivity index (χ0) is 20.7. The van der Waals surface area contributed by atoms with Crippen molar-refractivity contribution < 1.29 is 9.59 Å². The minimum atomic E-state index is -0.560. The molecule has 3 aromatic heterocycles. The number of pyridine rings is 1. The minimum Gasteiger partial charge on any atom is -0.365 e. The Bertz CT molecular complexity index is 1270. The molecule has 0 atom stereocenters. The maximum atomic E-state index is 12.9. The van der Waals surface area contributed by atoms with Crippen LogP contribution in [0.15, 0.2) is 42.6 Å². The van der Waals surface area contributed by atoms with Gasteiger partial charge in [-0.15, -0.1) is 11.3 Å². The number of nitrogens with two attached hydrogens (primary N) is 1. The number of carbonyl (C=O) groups excluding carboxylic acids is 2. The lowest BCUT2D eigenvalue weighted by Crippen LogP contribution is -2.18. The molecule has 4 aromatic rings. The van der Waals surface area contributed by atoms with E-state index in [-0.39, 0.29) is 5.91 Å². The summed E-state index contributed by atoms with van der Waals surface area (Å²) in [5, 5.41) is 8.63. The molecule has 8 heteroatoms. The molecule has 0 aliphatic heterocycles. The molecule has 0 bridgehead atoms. The first-order chi connectivity index (χ1) is 13.9. The van der Waals surface area contributed by atoms with Gasteiger partial charge in [0.05, 0.1) is 28.5 Å². The number of amides is 2. The zero-order valence-electron chi connectivity index (χ0n) is 16.2. The van der Waals surface area contributed by atoms with Crippen LogP contribution in [0.2, 0.25) is 0 Å². The Balaban J connectivity index is 1.67. The highest BCUT2D eigenvalue weighted by atomic mass is 32.1. The van der Waals surface area contributed by atoms with E-state index < -0.39 is 5.91 Å². The predicted molar refractivity (Wildman–Crippen MR) is 114 cm³/mol. The Morgan fingerprint density at radius 2 is 1.86 bits per heavy atom. The number of nitrogens with zero attached hydrogens (tertiary/aromatic N) is 3. The van der Waals surface area contributed by atoms with Gasteiger partial charge >= 0.3 is 0 Å². The fourth-order valence-electron chi connectivity index (χ4n) is 3.22. The highest BCUT2D eigenvalue weighted by molar-refractivity contribution is 7.16. The van der Waals surface area contributed by atoms with Crippen molar-refractivity contribution in [1.82, 2.24) is 14.8 Å². The number of para-hydroxylation sites is 1. The van der Waals surface area contributed by atoms with Crippen molar-refractivity contribution in [1.29, 1.82) is 0 Å². The van der Waals surface area contributed by atoms with Crippen LogP contribution in [0.4, 0.5) is 5.00 Å². The molecule has 1 aromatic carbocycles. The van der Waals surface area contributed by atoms with Crippen molar-refractivity contribution in [2.45, 2.75) is 20.8 Å². The van der Waals surface area contributed by atoms with Gasteiger partial charge in [0, 0.05) is 10.3 Å². The van der Waals surface area contributed by atoms with Gasteiger partial charge in [-0.3, -0.25) is 9.59 Å². The second kappa shape index (κ2) is 7.14. The summed E-state index contributed by atoms with van der Waals surface area (Å²) in [6.07, 6.45) is 1.50. The average Bonchev–Trinajstić information content (AvgIpc) is 3.21. The maximum Gasteiger partial charge on any atom is 0.259 e. The van der Waals surface area contributed by atoms with Crippen LogP contribution in [0, 0.1) is 20.8 Å². The average molecular weight is 405 g/mol. The summed E-state index contributed by atoms with van der Waals surface area (Å²) in [5.74, 6) is -0.283. The van der Waals surface area contributed by atoms with Gasteiger partial charge in [0.2, 0.25) is 0 Å².